The van der Waals surface area contributed by atoms with E-state index in [4.69, 9.17) is 4.74 Å². The predicted octanol–water partition coefficient (Wildman–Crippen LogP) is 2.71. The monoisotopic (exact) mass is 283 g/mol. The highest BCUT2D eigenvalue weighted by atomic mass is 16.5. The Morgan fingerprint density at radius 3 is 2.67 bits per heavy atom. The Kier molecular flexibility index (Phi) is 3.52. The number of fused-ring (bicyclic) bond motifs is 1. The molecule has 4 nitrogen and oxygen atoms in total. The van der Waals surface area contributed by atoms with Gasteiger partial charge in [0, 0.05) is 24.7 Å². The Bertz CT molecular complexity index is 669. The van der Waals surface area contributed by atoms with Gasteiger partial charge in [0.25, 0.3) is 0 Å². The van der Waals surface area contributed by atoms with Crippen LogP contribution in [0.25, 0.3) is 0 Å². The SMILES string of the molecule is COc1cccc(N2Cc3ccccc3C[C@@H]2C(=O)O)c1. The summed E-state index contributed by atoms with van der Waals surface area (Å²) in [6.07, 6.45) is 0.517. The third-order valence-corrected chi connectivity index (χ3v) is 3.92. The fourth-order valence-corrected chi connectivity index (χ4v) is 2.80. The molecule has 1 aliphatic heterocycles. The zero-order valence-corrected chi connectivity index (χ0v) is 11.8. The molecule has 0 bridgehead atoms. The van der Waals surface area contributed by atoms with Crippen LogP contribution in [0.15, 0.2) is 48.5 Å². The molecule has 0 saturated carbocycles. The Hall–Kier alpha value is -2.49. The highest BCUT2D eigenvalue weighted by molar-refractivity contribution is 5.79. The molecule has 0 aromatic heterocycles. The average molecular weight is 283 g/mol. The quantitative estimate of drug-likeness (QED) is 0.941. The first kappa shape index (κ1) is 13.5. The van der Waals surface area contributed by atoms with Crippen molar-refractivity contribution in [2.24, 2.45) is 0 Å². The highest BCUT2D eigenvalue weighted by Gasteiger charge is 2.31. The van der Waals surface area contributed by atoms with Gasteiger partial charge in [0.15, 0.2) is 0 Å². The van der Waals surface area contributed by atoms with E-state index in [1.807, 2.05) is 47.4 Å². The molecule has 1 heterocycles. The molecule has 0 unspecified atom stereocenters. The summed E-state index contributed by atoms with van der Waals surface area (Å²) < 4.78 is 5.24. The van der Waals surface area contributed by atoms with E-state index in [-0.39, 0.29) is 0 Å². The maximum atomic E-state index is 11.6. The number of rotatable bonds is 3. The minimum Gasteiger partial charge on any atom is -0.497 e. The van der Waals surface area contributed by atoms with Crippen LogP contribution in [-0.2, 0) is 17.8 Å². The number of carboxylic acids is 1. The van der Waals surface area contributed by atoms with Crippen LogP contribution in [0, 0.1) is 0 Å². The normalized spacial score (nSPS) is 17.2. The van der Waals surface area contributed by atoms with Gasteiger partial charge in [-0.25, -0.2) is 4.79 Å². The van der Waals surface area contributed by atoms with Crippen LogP contribution in [0.2, 0.25) is 0 Å². The number of methoxy groups -OCH3 is 1. The summed E-state index contributed by atoms with van der Waals surface area (Å²) in [5.41, 5.74) is 3.16. The largest absolute Gasteiger partial charge is 0.497 e. The second-order valence-electron chi connectivity index (χ2n) is 5.16. The van der Waals surface area contributed by atoms with Crippen LogP contribution in [0.5, 0.6) is 5.75 Å². The van der Waals surface area contributed by atoms with Crippen LogP contribution in [0.1, 0.15) is 11.1 Å². The van der Waals surface area contributed by atoms with Crippen molar-refractivity contribution in [2.75, 3.05) is 12.0 Å². The summed E-state index contributed by atoms with van der Waals surface area (Å²) >= 11 is 0. The fourth-order valence-electron chi connectivity index (χ4n) is 2.80. The van der Waals surface area contributed by atoms with Crippen molar-refractivity contribution >= 4 is 11.7 Å². The molecule has 4 heteroatoms. The molecule has 0 saturated heterocycles. The molecule has 2 aromatic carbocycles. The molecule has 0 spiro atoms. The fraction of sp³-hybridized carbons (Fsp3) is 0.235. The minimum absolute atomic E-state index is 0.517. The third kappa shape index (κ3) is 2.57. The van der Waals surface area contributed by atoms with Gasteiger partial charge in [0.1, 0.15) is 11.8 Å². The van der Waals surface area contributed by atoms with Gasteiger partial charge in [0.05, 0.1) is 7.11 Å². The number of benzene rings is 2. The molecule has 0 aliphatic carbocycles. The first-order valence-electron chi connectivity index (χ1n) is 6.89. The van der Waals surface area contributed by atoms with Crippen molar-refractivity contribution in [1.82, 2.24) is 0 Å². The Morgan fingerprint density at radius 2 is 1.95 bits per heavy atom. The molecule has 0 fully saturated rings. The predicted molar refractivity (Wildman–Crippen MR) is 80.7 cm³/mol. The van der Waals surface area contributed by atoms with E-state index < -0.39 is 12.0 Å². The van der Waals surface area contributed by atoms with Gasteiger partial charge >= 0.3 is 5.97 Å². The maximum absolute atomic E-state index is 11.6. The lowest BCUT2D eigenvalue weighted by molar-refractivity contribution is -0.138. The smallest absolute Gasteiger partial charge is 0.326 e. The van der Waals surface area contributed by atoms with Crippen LogP contribution in [0.3, 0.4) is 0 Å². The van der Waals surface area contributed by atoms with Gasteiger partial charge in [-0.15, -0.1) is 0 Å². The number of carboxylic acid groups (broad SMARTS) is 1. The van der Waals surface area contributed by atoms with Crippen molar-refractivity contribution in [3.63, 3.8) is 0 Å². The molecule has 0 amide bonds. The van der Waals surface area contributed by atoms with Crippen molar-refractivity contribution < 1.29 is 14.6 Å². The van der Waals surface area contributed by atoms with Crippen LogP contribution in [-0.4, -0.2) is 24.2 Å². The van der Waals surface area contributed by atoms with Gasteiger partial charge in [-0.05, 0) is 23.3 Å². The van der Waals surface area contributed by atoms with E-state index in [1.54, 1.807) is 7.11 Å². The molecular weight excluding hydrogens is 266 g/mol. The Morgan fingerprint density at radius 1 is 1.19 bits per heavy atom. The van der Waals surface area contributed by atoms with E-state index >= 15 is 0 Å². The molecule has 21 heavy (non-hydrogen) atoms. The lowest BCUT2D eigenvalue weighted by Gasteiger charge is -2.36. The minimum atomic E-state index is -0.799. The number of carbonyl (C=O) groups is 1. The number of aliphatic carboxylic acids is 1. The molecule has 3 rings (SSSR count). The number of ether oxygens (including phenoxy) is 1. The van der Waals surface area contributed by atoms with E-state index in [0.29, 0.717) is 13.0 Å². The van der Waals surface area contributed by atoms with Gasteiger partial charge in [-0.2, -0.15) is 0 Å². The van der Waals surface area contributed by atoms with Gasteiger partial charge in [0.2, 0.25) is 0 Å². The number of hydrogen-bond acceptors (Lipinski definition) is 3. The van der Waals surface area contributed by atoms with Crippen molar-refractivity contribution in [2.45, 2.75) is 19.0 Å². The van der Waals surface area contributed by atoms with Crippen molar-refractivity contribution in [1.29, 1.82) is 0 Å². The third-order valence-electron chi connectivity index (χ3n) is 3.92. The topological polar surface area (TPSA) is 49.8 Å². The summed E-state index contributed by atoms with van der Waals surface area (Å²) in [6.45, 7) is 0.598. The first-order chi connectivity index (χ1) is 10.2. The summed E-state index contributed by atoms with van der Waals surface area (Å²) in [5, 5.41) is 9.55. The molecule has 1 atom stereocenters. The summed E-state index contributed by atoms with van der Waals surface area (Å²) in [6, 6.07) is 15.0. The molecule has 1 N–H and O–H groups in total. The highest BCUT2D eigenvalue weighted by Crippen LogP contribution is 2.30. The van der Waals surface area contributed by atoms with Crippen LogP contribution >= 0.6 is 0 Å². The summed E-state index contributed by atoms with van der Waals surface area (Å²) in [4.78, 5) is 13.6. The standard InChI is InChI=1S/C17H17NO3/c1-21-15-8-4-7-14(10-15)18-11-13-6-3-2-5-12(13)9-16(18)17(19)20/h2-8,10,16H,9,11H2,1H3,(H,19,20)/t16-/m1/s1. The lowest BCUT2D eigenvalue weighted by Crippen LogP contribution is -2.45. The van der Waals surface area contributed by atoms with E-state index in [2.05, 4.69) is 6.07 Å². The van der Waals surface area contributed by atoms with Gasteiger partial charge in [-0.1, -0.05) is 30.3 Å². The van der Waals surface area contributed by atoms with E-state index in [9.17, 15) is 9.90 Å². The zero-order chi connectivity index (χ0) is 14.8. The number of hydrogen-bond donors (Lipinski definition) is 1. The average Bonchev–Trinajstić information content (AvgIpc) is 2.53. The zero-order valence-electron chi connectivity index (χ0n) is 11.8. The molecular formula is C17H17NO3. The Labute approximate surface area is 123 Å². The van der Waals surface area contributed by atoms with Crippen molar-refractivity contribution in [3.8, 4) is 5.75 Å². The molecule has 108 valence electrons. The second kappa shape index (κ2) is 5.48. The van der Waals surface area contributed by atoms with E-state index in [0.717, 1.165) is 17.0 Å². The van der Waals surface area contributed by atoms with Gasteiger partial charge in [-0.3, -0.25) is 0 Å². The summed E-state index contributed by atoms with van der Waals surface area (Å²) in [7, 11) is 1.61. The molecule has 2 aromatic rings. The second-order valence-corrected chi connectivity index (χ2v) is 5.16. The number of nitrogens with zero attached hydrogens (tertiary/aromatic N) is 1. The molecule has 0 radical (unpaired) electrons. The lowest BCUT2D eigenvalue weighted by atomic mass is 9.93. The summed E-state index contributed by atoms with van der Waals surface area (Å²) in [5.74, 6) is -0.0668. The van der Waals surface area contributed by atoms with Crippen LogP contribution in [0.4, 0.5) is 5.69 Å². The van der Waals surface area contributed by atoms with E-state index in [1.165, 1.54) is 5.56 Å². The van der Waals surface area contributed by atoms with Crippen LogP contribution < -0.4 is 9.64 Å². The Balaban J connectivity index is 2.01. The maximum Gasteiger partial charge on any atom is 0.326 e. The van der Waals surface area contributed by atoms with Crippen molar-refractivity contribution in [3.05, 3.63) is 59.7 Å². The number of anilines is 1. The molecule has 1 aliphatic rings. The first-order valence-corrected chi connectivity index (χ1v) is 6.89. The van der Waals surface area contributed by atoms with Gasteiger partial charge < -0.3 is 14.7 Å².